The largest absolute Gasteiger partial charge is 0.381 e. The smallest absolute Gasteiger partial charge is 0.0985 e. The van der Waals surface area contributed by atoms with Crippen molar-refractivity contribution in [3.8, 4) is 6.07 Å². The molecule has 2 saturated carbocycles. The minimum absolute atomic E-state index is 0.175. The number of likely N-dealkylation sites (N-methyl/N-ethyl adjacent to an activating group) is 1. The summed E-state index contributed by atoms with van der Waals surface area (Å²) in [4.78, 5) is 2.49. The van der Waals surface area contributed by atoms with Crippen molar-refractivity contribution < 1.29 is 0 Å². The van der Waals surface area contributed by atoms with Crippen LogP contribution in [-0.4, -0.2) is 12.6 Å². The summed E-state index contributed by atoms with van der Waals surface area (Å²) in [6.45, 7) is 13.7. The van der Waals surface area contributed by atoms with E-state index < -0.39 is 0 Å². The van der Waals surface area contributed by atoms with E-state index in [1.807, 2.05) is 6.08 Å². The van der Waals surface area contributed by atoms with Crippen LogP contribution < -0.4 is 10.2 Å². The van der Waals surface area contributed by atoms with Gasteiger partial charge in [-0.25, -0.2) is 0 Å². The number of benzene rings is 1. The van der Waals surface area contributed by atoms with Gasteiger partial charge in [0.1, 0.15) is 0 Å². The van der Waals surface area contributed by atoms with Gasteiger partial charge in [-0.05, 0) is 85.6 Å². The fourth-order valence-electron chi connectivity index (χ4n) is 7.22. The molecular weight excluding hydrogens is 366 g/mol. The molecule has 2 fully saturated rings. The summed E-state index contributed by atoms with van der Waals surface area (Å²) < 4.78 is 0. The summed E-state index contributed by atoms with van der Waals surface area (Å²) >= 11 is 0. The average molecular weight is 398 g/mol. The fourth-order valence-corrected chi connectivity index (χ4v) is 7.22. The molecule has 2 heterocycles. The van der Waals surface area contributed by atoms with Crippen LogP contribution in [0, 0.1) is 29.1 Å². The third kappa shape index (κ3) is 2.37. The van der Waals surface area contributed by atoms with Crippen molar-refractivity contribution in [1.82, 2.24) is 5.32 Å². The van der Waals surface area contributed by atoms with E-state index in [2.05, 4.69) is 74.6 Å². The Morgan fingerprint density at radius 2 is 2.10 bits per heavy atom. The molecule has 3 nitrogen and oxygen atoms in total. The van der Waals surface area contributed by atoms with Gasteiger partial charge in [-0.3, -0.25) is 0 Å². The van der Waals surface area contributed by atoms with E-state index in [0.717, 1.165) is 24.1 Å². The minimum Gasteiger partial charge on any atom is -0.381 e. The normalized spacial score (nSPS) is 33.9. The molecule has 3 heteroatoms. The predicted molar refractivity (Wildman–Crippen MR) is 124 cm³/mol. The van der Waals surface area contributed by atoms with Crippen molar-refractivity contribution >= 4 is 11.4 Å². The maximum absolute atomic E-state index is 9.44. The zero-order valence-electron chi connectivity index (χ0n) is 18.3. The van der Waals surface area contributed by atoms with Gasteiger partial charge in [0.05, 0.1) is 11.6 Å². The van der Waals surface area contributed by atoms with Crippen LogP contribution >= 0.6 is 0 Å². The number of fused-ring (bicyclic) bond motifs is 9. The molecule has 30 heavy (non-hydrogen) atoms. The molecule has 0 radical (unpaired) electrons. The fraction of sp³-hybridized carbons (Fsp3) is 0.444. The zero-order chi connectivity index (χ0) is 21.2. The van der Waals surface area contributed by atoms with E-state index in [1.54, 1.807) is 0 Å². The summed E-state index contributed by atoms with van der Waals surface area (Å²) in [5.74, 6) is 2.55. The van der Waals surface area contributed by atoms with Crippen molar-refractivity contribution in [2.75, 3.05) is 11.9 Å². The van der Waals surface area contributed by atoms with Crippen molar-refractivity contribution in [1.29, 1.82) is 5.26 Å². The highest BCUT2D eigenvalue weighted by atomic mass is 15.2. The van der Waals surface area contributed by atoms with Crippen LogP contribution in [0.2, 0.25) is 0 Å². The van der Waals surface area contributed by atoms with E-state index in [-0.39, 0.29) is 5.54 Å². The highest BCUT2D eigenvalue weighted by Crippen LogP contribution is 2.67. The summed E-state index contributed by atoms with van der Waals surface area (Å²) in [6.07, 6.45) is 10.3. The van der Waals surface area contributed by atoms with Gasteiger partial charge in [0.25, 0.3) is 0 Å². The second-order valence-corrected chi connectivity index (χ2v) is 9.69. The van der Waals surface area contributed by atoms with Gasteiger partial charge in [0, 0.05) is 36.1 Å². The maximum atomic E-state index is 9.44. The molecule has 4 aliphatic rings. The Labute approximate surface area is 180 Å². The molecule has 5 atom stereocenters. The van der Waals surface area contributed by atoms with Gasteiger partial charge in [-0.1, -0.05) is 31.4 Å². The number of nitrogens with zero attached hydrogens (tertiary/aromatic N) is 2. The number of hydrogen-bond acceptors (Lipinski definition) is 3. The molecule has 4 unspecified atom stereocenters. The molecule has 0 saturated heterocycles. The van der Waals surface area contributed by atoms with Crippen LogP contribution in [0.4, 0.5) is 5.69 Å². The van der Waals surface area contributed by atoms with Gasteiger partial charge in [-0.15, -0.1) is 0 Å². The van der Waals surface area contributed by atoms with E-state index in [0.29, 0.717) is 17.4 Å². The number of anilines is 1. The Morgan fingerprint density at radius 1 is 1.33 bits per heavy atom. The van der Waals surface area contributed by atoms with Crippen molar-refractivity contribution in [3.05, 3.63) is 71.4 Å². The summed E-state index contributed by atoms with van der Waals surface area (Å²) in [6, 6.07) is 6.83. The van der Waals surface area contributed by atoms with Gasteiger partial charge in [-0.2, -0.15) is 5.26 Å². The lowest BCUT2D eigenvalue weighted by atomic mass is 9.60. The first kappa shape index (κ1) is 19.2. The van der Waals surface area contributed by atoms with Crippen LogP contribution in [0.3, 0.4) is 0 Å². The van der Waals surface area contributed by atoms with Crippen LogP contribution in [0.15, 0.2) is 54.7 Å². The van der Waals surface area contributed by atoms with E-state index in [9.17, 15) is 5.26 Å². The lowest BCUT2D eigenvalue weighted by molar-refractivity contribution is 0.185. The number of hydrogen-bond donors (Lipinski definition) is 1. The molecule has 154 valence electrons. The molecule has 0 spiro atoms. The second kappa shape index (κ2) is 6.64. The molecule has 1 N–H and O–H groups in total. The van der Waals surface area contributed by atoms with Crippen molar-refractivity contribution in [2.24, 2.45) is 17.8 Å². The number of rotatable bonds is 3. The number of allylic oxidation sites excluding steroid dienone is 3. The summed E-state index contributed by atoms with van der Waals surface area (Å²) in [7, 11) is 2.24. The Hall–Kier alpha value is -2.73. The minimum atomic E-state index is -0.175. The van der Waals surface area contributed by atoms with Crippen molar-refractivity contribution in [2.45, 2.75) is 51.1 Å². The summed E-state index contributed by atoms with van der Waals surface area (Å²) in [5.41, 5.74) is 8.25. The quantitative estimate of drug-likeness (QED) is 0.527. The van der Waals surface area contributed by atoms with Crippen LogP contribution in [0.5, 0.6) is 0 Å². The Bertz CT molecular complexity index is 1050. The molecule has 5 rings (SSSR count). The molecule has 0 aromatic heterocycles. The molecule has 0 amide bonds. The Balaban J connectivity index is 1.77. The first-order valence-corrected chi connectivity index (χ1v) is 11.2. The topological polar surface area (TPSA) is 39.1 Å². The van der Waals surface area contributed by atoms with E-state index >= 15 is 0 Å². The van der Waals surface area contributed by atoms with Crippen molar-refractivity contribution in [3.63, 3.8) is 0 Å². The molecule has 2 aliphatic carbocycles. The average Bonchev–Trinajstić information content (AvgIpc) is 3.46. The Morgan fingerprint density at radius 3 is 2.83 bits per heavy atom. The predicted octanol–water partition coefficient (Wildman–Crippen LogP) is 5.68. The third-order valence-corrected chi connectivity index (χ3v) is 8.46. The van der Waals surface area contributed by atoms with E-state index in [1.165, 1.54) is 47.2 Å². The molecule has 1 aromatic carbocycles. The zero-order valence-corrected chi connectivity index (χ0v) is 18.3. The number of nitrogens with one attached hydrogen (secondary N) is 1. The lowest BCUT2D eigenvalue weighted by Gasteiger charge is -2.56. The van der Waals surface area contributed by atoms with Crippen LogP contribution in [0.25, 0.3) is 5.70 Å². The van der Waals surface area contributed by atoms with Gasteiger partial charge in [0.15, 0.2) is 0 Å². The highest BCUT2D eigenvalue weighted by molar-refractivity contribution is 5.80. The second-order valence-electron chi connectivity index (χ2n) is 9.69. The van der Waals surface area contributed by atoms with Crippen LogP contribution in [-0.2, 0) is 6.54 Å². The van der Waals surface area contributed by atoms with E-state index in [4.69, 9.17) is 0 Å². The third-order valence-electron chi connectivity index (χ3n) is 8.46. The van der Waals surface area contributed by atoms with Gasteiger partial charge in [0.2, 0.25) is 0 Å². The maximum Gasteiger partial charge on any atom is 0.0985 e. The standard InChI is InChI=1S/C27H31N3/c1-6-7-21(12-16(2)14-28)27(4)26-19-9-8-18(13-19)24(26)25-22(30(27)5)11-10-20-15-29-17(3)23(20)25/h6-7,10-12,18-19,24,26,29H,2-3,8-9,13,15H2,1,4-5H3/b7-6-,21-12+/t18-,19?,24?,26?,27?/m1/s1. The van der Waals surface area contributed by atoms with Crippen LogP contribution in [0.1, 0.15) is 55.7 Å². The molecule has 2 bridgehead atoms. The molecular formula is C27H31N3. The first-order valence-electron chi connectivity index (χ1n) is 11.2. The van der Waals surface area contributed by atoms with Gasteiger partial charge >= 0.3 is 0 Å². The highest BCUT2D eigenvalue weighted by Gasteiger charge is 2.61. The lowest BCUT2D eigenvalue weighted by Crippen LogP contribution is -2.58. The van der Waals surface area contributed by atoms with Gasteiger partial charge < -0.3 is 10.2 Å². The monoisotopic (exact) mass is 397 g/mol. The SMILES string of the molecule is C=C(C#N)/C=C(\C=C/C)C1(C)C2C3CC[C@H](C3)C2c2c(ccc3c2C(=C)NC3)N1C. The molecule has 1 aromatic rings. The Kier molecular flexibility index (Phi) is 4.26. The summed E-state index contributed by atoms with van der Waals surface area (Å²) in [5, 5.41) is 12.9. The first-order chi connectivity index (χ1) is 14.4. The number of nitriles is 1. The molecule has 2 aliphatic heterocycles.